The van der Waals surface area contributed by atoms with Gasteiger partial charge in [-0.05, 0) is 32.1 Å². The van der Waals surface area contributed by atoms with Crippen molar-refractivity contribution in [3.63, 3.8) is 0 Å². The van der Waals surface area contributed by atoms with Crippen molar-refractivity contribution in [2.75, 3.05) is 72.7 Å². The molecule has 0 fully saturated rings. The molecule has 0 radical (unpaired) electrons. The molecule has 0 bridgehead atoms. The van der Waals surface area contributed by atoms with Crippen molar-refractivity contribution in [3.8, 4) is 0 Å². The molecular weight excluding hydrogens is 336 g/mol. The van der Waals surface area contributed by atoms with Crippen molar-refractivity contribution < 1.29 is 28.4 Å². The van der Waals surface area contributed by atoms with Crippen LogP contribution < -0.4 is 0 Å². The fourth-order valence-corrected chi connectivity index (χ4v) is 2.03. The van der Waals surface area contributed by atoms with Gasteiger partial charge in [-0.2, -0.15) is 0 Å². The van der Waals surface area contributed by atoms with Crippen LogP contribution in [0.5, 0.6) is 0 Å². The quantitative estimate of drug-likeness (QED) is 0.321. The van der Waals surface area contributed by atoms with Crippen LogP contribution in [0, 0.1) is 5.41 Å². The van der Waals surface area contributed by atoms with E-state index < -0.39 is 0 Å². The Morgan fingerprint density at radius 3 is 1.23 bits per heavy atom. The van der Waals surface area contributed by atoms with Crippen molar-refractivity contribution >= 4 is 0 Å². The molecule has 0 unspecified atom stereocenters. The van der Waals surface area contributed by atoms with E-state index in [1.165, 1.54) is 6.42 Å². The Morgan fingerprint density at radius 2 is 0.885 bits per heavy atom. The first-order chi connectivity index (χ1) is 12.4. The largest absolute Gasteiger partial charge is 0.379 e. The van der Waals surface area contributed by atoms with Gasteiger partial charge in [0, 0.05) is 6.61 Å². The van der Waals surface area contributed by atoms with E-state index in [4.69, 9.17) is 28.4 Å². The molecule has 0 aromatic heterocycles. The lowest BCUT2D eigenvalue weighted by Crippen LogP contribution is -2.15. The van der Waals surface area contributed by atoms with E-state index >= 15 is 0 Å². The first-order valence-electron chi connectivity index (χ1n) is 9.92. The van der Waals surface area contributed by atoms with Crippen LogP contribution >= 0.6 is 0 Å². The maximum absolute atomic E-state index is 5.54. The molecule has 0 atom stereocenters. The Balaban J connectivity index is 3.03. The fraction of sp³-hybridized carbons (Fsp3) is 1.00. The van der Waals surface area contributed by atoms with Crippen LogP contribution in [0.4, 0.5) is 0 Å². The van der Waals surface area contributed by atoms with Gasteiger partial charge in [0.15, 0.2) is 0 Å². The smallest absolute Gasteiger partial charge is 0.0703 e. The third kappa shape index (κ3) is 23.8. The van der Waals surface area contributed by atoms with Crippen LogP contribution in [-0.4, -0.2) is 78.8 Å². The first kappa shape index (κ1) is 25.8. The van der Waals surface area contributed by atoms with Crippen LogP contribution in [0.2, 0.25) is 0 Å². The molecule has 0 aliphatic rings. The zero-order valence-corrected chi connectivity index (χ0v) is 17.7. The second-order valence-corrected chi connectivity index (χ2v) is 7.65. The Hall–Kier alpha value is -0.240. The van der Waals surface area contributed by atoms with Gasteiger partial charge in [0.2, 0.25) is 0 Å². The van der Waals surface area contributed by atoms with Gasteiger partial charge in [0.05, 0.1) is 72.2 Å². The summed E-state index contributed by atoms with van der Waals surface area (Å²) in [5.41, 5.74) is 0.385. The van der Waals surface area contributed by atoms with Crippen molar-refractivity contribution in [3.05, 3.63) is 0 Å². The highest BCUT2D eigenvalue weighted by molar-refractivity contribution is 4.60. The van der Waals surface area contributed by atoms with Gasteiger partial charge >= 0.3 is 0 Å². The molecule has 0 N–H and O–H groups in total. The molecule has 0 aromatic carbocycles. The lowest BCUT2D eigenvalue weighted by atomic mass is 9.91. The molecule has 0 saturated heterocycles. The third-order valence-electron chi connectivity index (χ3n) is 3.38. The summed E-state index contributed by atoms with van der Waals surface area (Å²) >= 11 is 0. The summed E-state index contributed by atoms with van der Waals surface area (Å²) in [6.07, 6.45) is 2.54. The van der Waals surface area contributed by atoms with Crippen molar-refractivity contribution in [2.24, 2.45) is 5.41 Å². The van der Waals surface area contributed by atoms with Crippen LogP contribution in [0.3, 0.4) is 0 Å². The molecule has 6 nitrogen and oxygen atoms in total. The van der Waals surface area contributed by atoms with E-state index in [-0.39, 0.29) is 6.10 Å². The lowest BCUT2D eigenvalue weighted by Gasteiger charge is -2.17. The molecular formula is C20H42O6. The number of hydrogen-bond donors (Lipinski definition) is 0. The molecule has 0 saturated carbocycles. The summed E-state index contributed by atoms with van der Waals surface area (Å²) in [5, 5.41) is 0. The van der Waals surface area contributed by atoms with Gasteiger partial charge in [-0.1, -0.05) is 20.8 Å². The third-order valence-corrected chi connectivity index (χ3v) is 3.38. The summed E-state index contributed by atoms with van der Waals surface area (Å²) in [7, 11) is 0. The monoisotopic (exact) mass is 378 g/mol. The molecule has 6 heteroatoms. The van der Waals surface area contributed by atoms with Gasteiger partial charge in [-0.25, -0.2) is 0 Å². The van der Waals surface area contributed by atoms with Gasteiger partial charge < -0.3 is 28.4 Å². The number of hydrogen-bond acceptors (Lipinski definition) is 6. The first-order valence-corrected chi connectivity index (χ1v) is 9.92. The summed E-state index contributed by atoms with van der Waals surface area (Å²) in [5.74, 6) is 0. The molecule has 0 heterocycles. The normalized spacial score (nSPS) is 12.2. The minimum atomic E-state index is 0.252. The van der Waals surface area contributed by atoms with E-state index in [0.29, 0.717) is 71.5 Å². The van der Waals surface area contributed by atoms with Gasteiger partial charge in [-0.15, -0.1) is 0 Å². The van der Waals surface area contributed by atoms with Crippen molar-refractivity contribution in [1.82, 2.24) is 0 Å². The Bertz CT molecular complexity index is 278. The van der Waals surface area contributed by atoms with Crippen LogP contribution in [0.25, 0.3) is 0 Å². The van der Waals surface area contributed by atoms with Crippen LogP contribution in [0.1, 0.15) is 47.5 Å². The Morgan fingerprint density at radius 1 is 0.538 bits per heavy atom. The maximum atomic E-state index is 5.54. The van der Waals surface area contributed by atoms with Crippen molar-refractivity contribution in [1.29, 1.82) is 0 Å². The molecule has 0 rings (SSSR count). The highest BCUT2D eigenvalue weighted by atomic mass is 16.6. The molecule has 26 heavy (non-hydrogen) atoms. The average Bonchev–Trinajstić information content (AvgIpc) is 2.55. The predicted molar refractivity (Wildman–Crippen MR) is 104 cm³/mol. The molecule has 158 valence electrons. The number of rotatable bonds is 19. The molecule has 0 amide bonds. The minimum Gasteiger partial charge on any atom is -0.379 e. The maximum Gasteiger partial charge on any atom is 0.0703 e. The summed E-state index contributed by atoms with van der Waals surface area (Å²) in [4.78, 5) is 0. The van der Waals surface area contributed by atoms with E-state index in [0.717, 1.165) is 13.0 Å². The zero-order valence-electron chi connectivity index (χ0n) is 17.7. The van der Waals surface area contributed by atoms with Crippen LogP contribution in [0.15, 0.2) is 0 Å². The second-order valence-electron chi connectivity index (χ2n) is 7.65. The van der Waals surface area contributed by atoms with Gasteiger partial charge in [0.25, 0.3) is 0 Å². The van der Waals surface area contributed by atoms with E-state index in [1.807, 2.05) is 13.8 Å². The van der Waals surface area contributed by atoms with E-state index in [1.54, 1.807) is 0 Å². The van der Waals surface area contributed by atoms with Crippen molar-refractivity contribution in [2.45, 2.75) is 53.6 Å². The highest BCUT2D eigenvalue weighted by Crippen LogP contribution is 2.20. The van der Waals surface area contributed by atoms with Crippen LogP contribution in [-0.2, 0) is 28.4 Å². The lowest BCUT2D eigenvalue weighted by molar-refractivity contribution is -0.0214. The Labute approximate surface area is 160 Å². The standard InChI is InChI=1S/C20H42O6/c1-19(2)26-18-17-25-16-15-24-14-13-23-12-11-22-10-9-21-8-6-7-20(3,4)5/h19H,6-18H2,1-5H3. The minimum absolute atomic E-state index is 0.252. The summed E-state index contributed by atoms with van der Waals surface area (Å²) in [6.45, 7) is 17.6. The van der Waals surface area contributed by atoms with Gasteiger partial charge in [-0.3, -0.25) is 0 Å². The SMILES string of the molecule is CC(C)OCCOCCOCCOCCOCCOCCCC(C)(C)C. The average molecular weight is 379 g/mol. The van der Waals surface area contributed by atoms with E-state index in [9.17, 15) is 0 Å². The summed E-state index contributed by atoms with van der Waals surface area (Å²) in [6, 6.07) is 0. The molecule has 0 aliphatic heterocycles. The summed E-state index contributed by atoms with van der Waals surface area (Å²) < 4.78 is 32.6. The fourth-order valence-electron chi connectivity index (χ4n) is 2.03. The highest BCUT2D eigenvalue weighted by Gasteiger charge is 2.08. The second kappa shape index (κ2) is 18.1. The Kier molecular flexibility index (Phi) is 18.0. The number of ether oxygens (including phenoxy) is 6. The topological polar surface area (TPSA) is 55.4 Å². The van der Waals surface area contributed by atoms with E-state index in [2.05, 4.69) is 20.8 Å². The van der Waals surface area contributed by atoms with Gasteiger partial charge in [0.1, 0.15) is 0 Å². The molecule has 0 spiro atoms. The zero-order chi connectivity index (χ0) is 19.5. The molecule has 0 aliphatic carbocycles. The molecule has 0 aromatic rings. The predicted octanol–water partition coefficient (Wildman–Crippen LogP) is 3.32.